The number of ether oxygens (including phenoxy) is 1. The minimum absolute atomic E-state index is 0.0746. The van der Waals surface area contributed by atoms with E-state index in [0.29, 0.717) is 0 Å². The van der Waals surface area contributed by atoms with Crippen LogP contribution in [0, 0.1) is 5.92 Å². The molecule has 0 aromatic heterocycles. The standard InChI is InChI=1S/C26H28O3/c1-29-26(28)23(10-5-9-20-7-3-2-4-8-20)18-15-21-13-16-22(17-14-21)24-11-6-12-25(27)19-24/h2-4,6-8,11-14,16-17,19,23,27H,5,9-10,15,18H2,1H3. The van der Waals surface area contributed by atoms with Crippen LogP contribution in [0.3, 0.4) is 0 Å². The molecule has 0 heterocycles. The van der Waals surface area contributed by atoms with Gasteiger partial charge in [-0.2, -0.15) is 0 Å². The number of methoxy groups -OCH3 is 1. The van der Waals surface area contributed by atoms with Crippen molar-refractivity contribution in [2.75, 3.05) is 7.11 Å². The van der Waals surface area contributed by atoms with Crippen molar-refractivity contribution < 1.29 is 14.6 Å². The number of benzene rings is 3. The molecule has 1 atom stereocenters. The summed E-state index contributed by atoms with van der Waals surface area (Å²) in [5, 5.41) is 9.65. The smallest absolute Gasteiger partial charge is 0.308 e. The van der Waals surface area contributed by atoms with Gasteiger partial charge in [0.25, 0.3) is 0 Å². The maximum absolute atomic E-state index is 12.2. The Labute approximate surface area is 173 Å². The molecule has 0 amide bonds. The molecule has 0 radical (unpaired) electrons. The first-order valence-electron chi connectivity index (χ1n) is 10.2. The average molecular weight is 389 g/mol. The number of rotatable bonds is 9. The minimum Gasteiger partial charge on any atom is -0.508 e. The maximum Gasteiger partial charge on any atom is 0.308 e. The monoisotopic (exact) mass is 388 g/mol. The van der Waals surface area contributed by atoms with E-state index in [1.807, 2.05) is 30.3 Å². The molecule has 150 valence electrons. The van der Waals surface area contributed by atoms with Crippen molar-refractivity contribution in [1.29, 1.82) is 0 Å². The summed E-state index contributed by atoms with van der Waals surface area (Å²) in [6, 6.07) is 25.9. The first-order chi connectivity index (χ1) is 14.2. The van der Waals surface area contributed by atoms with Crippen molar-refractivity contribution in [2.45, 2.75) is 32.1 Å². The fourth-order valence-corrected chi connectivity index (χ4v) is 3.63. The van der Waals surface area contributed by atoms with Gasteiger partial charge in [0.05, 0.1) is 13.0 Å². The highest BCUT2D eigenvalue weighted by molar-refractivity contribution is 5.72. The van der Waals surface area contributed by atoms with Gasteiger partial charge in [-0.15, -0.1) is 0 Å². The molecule has 1 N–H and O–H groups in total. The van der Waals surface area contributed by atoms with E-state index in [-0.39, 0.29) is 17.6 Å². The van der Waals surface area contributed by atoms with Gasteiger partial charge in [-0.3, -0.25) is 4.79 Å². The summed E-state index contributed by atoms with van der Waals surface area (Å²) in [6.45, 7) is 0. The average Bonchev–Trinajstić information content (AvgIpc) is 2.76. The number of aromatic hydroxyl groups is 1. The number of hydrogen-bond acceptors (Lipinski definition) is 3. The molecule has 3 nitrogen and oxygen atoms in total. The van der Waals surface area contributed by atoms with Gasteiger partial charge in [-0.05, 0) is 66.5 Å². The van der Waals surface area contributed by atoms with E-state index in [1.165, 1.54) is 18.2 Å². The highest BCUT2D eigenvalue weighted by atomic mass is 16.5. The summed E-state index contributed by atoms with van der Waals surface area (Å²) in [6.07, 6.45) is 4.41. The topological polar surface area (TPSA) is 46.5 Å². The van der Waals surface area contributed by atoms with Crippen LogP contribution in [0.2, 0.25) is 0 Å². The van der Waals surface area contributed by atoms with Crippen molar-refractivity contribution in [2.24, 2.45) is 5.92 Å². The van der Waals surface area contributed by atoms with E-state index in [0.717, 1.165) is 43.2 Å². The third-order valence-corrected chi connectivity index (χ3v) is 5.31. The number of esters is 1. The lowest BCUT2D eigenvalue weighted by molar-refractivity contribution is -0.145. The second-order valence-corrected chi connectivity index (χ2v) is 7.38. The zero-order chi connectivity index (χ0) is 20.5. The van der Waals surface area contributed by atoms with E-state index < -0.39 is 0 Å². The summed E-state index contributed by atoms with van der Waals surface area (Å²) in [5.74, 6) is 0.0758. The van der Waals surface area contributed by atoms with E-state index in [4.69, 9.17) is 4.74 Å². The number of aryl methyl sites for hydroxylation is 2. The van der Waals surface area contributed by atoms with Crippen LogP contribution in [0.25, 0.3) is 11.1 Å². The van der Waals surface area contributed by atoms with Crippen LogP contribution in [-0.4, -0.2) is 18.2 Å². The summed E-state index contributed by atoms with van der Waals surface area (Å²) in [5.41, 5.74) is 4.56. The van der Waals surface area contributed by atoms with Crippen LogP contribution in [0.4, 0.5) is 0 Å². The van der Waals surface area contributed by atoms with Crippen LogP contribution in [0.1, 0.15) is 30.4 Å². The van der Waals surface area contributed by atoms with Gasteiger partial charge >= 0.3 is 5.97 Å². The van der Waals surface area contributed by atoms with Crippen LogP contribution in [0.15, 0.2) is 78.9 Å². The SMILES string of the molecule is COC(=O)C(CCCc1ccccc1)CCc1ccc(-c2cccc(O)c2)cc1. The number of carbonyl (C=O) groups is 1. The fraction of sp³-hybridized carbons (Fsp3) is 0.269. The van der Waals surface area contributed by atoms with Crippen LogP contribution >= 0.6 is 0 Å². The number of hydrogen-bond donors (Lipinski definition) is 1. The van der Waals surface area contributed by atoms with Crippen LogP contribution in [-0.2, 0) is 22.4 Å². The normalized spacial score (nSPS) is 11.8. The van der Waals surface area contributed by atoms with Crippen molar-refractivity contribution in [3.8, 4) is 16.9 Å². The van der Waals surface area contributed by atoms with Crippen LogP contribution < -0.4 is 0 Å². The molecule has 3 aromatic carbocycles. The second-order valence-electron chi connectivity index (χ2n) is 7.38. The number of carbonyl (C=O) groups excluding carboxylic acids is 1. The van der Waals surface area contributed by atoms with E-state index >= 15 is 0 Å². The van der Waals surface area contributed by atoms with Crippen LogP contribution in [0.5, 0.6) is 5.75 Å². The molecule has 0 aliphatic rings. The van der Waals surface area contributed by atoms with Gasteiger partial charge in [-0.25, -0.2) is 0 Å². The van der Waals surface area contributed by atoms with Gasteiger partial charge in [0.1, 0.15) is 5.75 Å². The Hall–Kier alpha value is -3.07. The zero-order valence-electron chi connectivity index (χ0n) is 16.9. The maximum atomic E-state index is 12.2. The number of phenols is 1. The molecule has 0 saturated carbocycles. The predicted octanol–water partition coefficient (Wildman–Crippen LogP) is 5.80. The molecular weight excluding hydrogens is 360 g/mol. The highest BCUT2D eigenvalue weighted by Gasteiger charge is 2.18. The molecule has 1 unspecified atom stereocenters. The fourth-order valence-electron chi connectivity index (χ4n) is 3.63. The van der Waals surface area contributed by atoms with Gasteiger partial charge in [0.2, 0.25) is 0 Å². The first kappa shape index (κ1) is 20.7. The Morgan fingerprint density at radius 1 is 0.828 bits per heavy atom. The van der Waals surface area contributed by atoms with Gasteiger partial charge < -0.3 is 9.84 Å². The minimum atomic E-state index is -0.116. The van der Waals surface area contributed by atoms with Gasteiger partial charge in [0.15, 0.2) is 0 Å². The van der Waals surface area contributed by atoms with Gasteiger partial charge in [0, 0.05) is 0 Å². The predicted molar refractivity (Wildman–Crippen MR) is 117 cm³/mol. The third kappa shape index (κ3) is 6.21. The summed E-state index contributed by atoms with van der Waals surface area (Å²) < 4.78 is 5.03. The quantitative estimate of drug-likeness (QED) is 0.471. The lowest BCUT2D eigenvalue weighted by Crippen LogP contribution is -2.17. The Balaban J connectivity index is 1.55. The van der Waals surface area contributed by atoms with E-state index in [2.05, 4.69) is 36.4 Å². The highest BCUT2D eigenvalue weighted by Crippen LogP contribution is 2.24. The van der Waals surface area contributed by atoms with E-state index in [9.17, 15) is 9.90 Å². The molecule has 0 aliphatic heterocycles. The Morgan fingerprint density at radius 3 is 2.24 bits per heavy atom. The Morgan fingerprint density at radius 2 is 1.55 bits per heavy atom. The molecule has 3 rings (SSSR count). The van der Waals surface area contributed by atoms with Crippen molar-refractivity contribution in [1.82, 2.24) is 0 Å². The third-order valence-electron chi connectivity index (χ3n) is 5.31. The number of phenolic OH excluding ortho intramolecular Hbond substituents is 1. The molecule has 0 aliphatic carbocycles. The van der Waals surface area contributed by atoms with Crippen molar-refractivity contribution >= 4 is 5.97 Å². The molecule has 0 saturated heterocycles. The summed E-state index contributed by atoms with van der Waals surface area (Å²) >= 11 is 0. The molecule has 0 spiro atoms. The second kappa shape index (κ2) is 10.5. The molecule has 0 bridgehead atoms. The lowest BCUT2D eigenvalue weighted by Gasteiger charge is -2.15. The Bertz CT molecular complexity index is 901. The molecule has 0 fully saturated rings. The molecule has 3 aromatic rings. The molecule has 29 heavy (non-hydrogen) atoms. The first-order valence-corrected chi connectivity index (χ1v) is 10.2. The van der Waals surface area contributed by atoms with Gasteiger partial charge in [-0.1, -0.05) is 66.7 Å². The van der Waals surface area contributed by atoms with E-state index in [1.54, 1.807) is 12.1 Å². The Kier molecular flexibility index (Phi) is 7.46. The zero-order valence-corrected chi connectivity index (χ0v) is 16.9. The summed E-state index contributed by atoms with van der Waals surface area (Å²) in [4.78, 5) is 12.2. The van der Waals surface area contributed by atoms with Crippen molar-refractivity contribution in [3.05, 3.63) is 90.0 Å². The molecule has 3 heteroatoms. The largest absolute Gasteiger partial charge is 0.508 e. The van der Waals surface area contributed by atoms with Crippen molar-refractivity contribution in [3.63, 3.8) is 0 Å². The lowest BCUT2D eigenvalue weighted by atomic mass is 9.93. The molecular formula is C26H28O3. The summed E-state index contributed by atoms with van der Waals surface area (Å²) in [7, 11) is 1.47.